The summed E-state index contributed by atoms with van der Waals surface area (Å²) in [5.41, 5.74) is 0.421. The van der Waals surface area contributed by atoms with Crippen LogP contribution in [0.5, 0.6) is 0 Å². The third kappa shape index (κ3) is 6.82. The van der Waals surface area contributed by atoms with Crippen molar-refractivity contribution in [2.45, 2.75) is 40.7 Å². The summed E-state index contributed by atoms with van der Waals surface area (Å²) in [4.78, 5) is 2.28. The van der Waals surface area contributed by atoms with E-state index in [4.69, 9.17) is 4.42 Å². The lowest BCUT2D eigenvalue weighted by molar-refractivity contribution is 0.287. The lowest BCUT2D eigenvalue weighted by Gasteiger charge is -2.19. The van der Waals surface area contributed by atoms with Crippen LogP contribution in [0, 0.1) is 12.3 Å². The Morgan fingerprint density at radius 2 is 1.94 bits per heavy atom. The molecule has 1 rings (SSSR count). The maximum absolute atomic E-state index is 5.56. The van der Waals surface area contributed by atoms with Gasteiger partial charge in [-0.2, -0.15) is 0 Å². The molecule has 0 fully saturated rings. The van der Waals surface area contributed by atoms with E-state index in [1.165, 1.54) is 6.42 Å². The number of furan rings is 1. The summed E-state index contributed by atoms with van der Waals surface area (Å²) in [6.07, 6.45) is 1.22. The minimum absolute atomic E-state index is 0.421. The van der Waals surface area contributed by atoms with Crippen LogP contribution in [0.1, 0.15) is 38.7 Å². The van der Waals surface area contributed by atoms with Gasteiger partial charge in [-0.1, -0.05) is 20.8 Å². The first-order valence-corrected chi connectivity index (χ1v) is 6.81. The average molecular weight is 252 g/mol. The van der Waals surface area contributed by atoms with Crippen LogP contribution in [0.15, 0.2) is 16.5 Å². The van der Waals surface area contributed by atoms with Crippen molar-refractivity contribution in [1.82, 2.24) is 10.2 Å². The molecule has 104 valence electrons. The highest BCUT2D eigenvalue weighted by atomic mass is 16.3. The molecule has 3 heteroatoms. The lowest BCUT2D eigenvalue weighted by Crippen LogP contribution is -2.30. The molecule has 1 heterocycles. The van der Waals surface area contributed by atoms with E-state index in [1.807, 2.05) is 13.0 Å². The van der Waals surface area contributed by atoms with E-state index in [-0.39, 0.29) is 0 Å². The second kappa shape index (κ2) is 6.95. The predicted octanol–water partition coefficient (Wildman–Crippen LogP) is 3.05. The first-order chi connectivity index (χ1) is 8.37. The fourth-order valence-corrected chi connectivity index (χ4v) is 1.77. The Kier molecular flexibility index (Phi) is 5.89. The van der Waals surface area contributed by atoms with Crippen molar-refractivity contribution in [3.63, 3.8) is 0 Å². The van der Waals surface area contributed by atoms with Gasteiger partial charge in [-0.3, -0.25) is 4.90 Å². The first-order valence-electron chi connectivity index (χ1n) is 6.81. The summed E-state index contributed by atoms with van der Waals surface area (Å²) in [7, 11) is 2.13. The van der Waals surface area contributed by atoms with Crippen molar-refractivity contribution < 1.29 is 4.42 Å². The molecule has 3 nitrogen and oxygen atoms in total. The summed E-state index contributed by atoms with van der Waals surface area (Å²) in [5.74, 6) is 2.03. The van der Waals surface area contributed by atoms with Gasteiger partial charge in [-0.05, 0) is 44.5 Å². The van der Waals surface area contributed by atoms with Crippen LogP contribution in [0.4, 0.5) is 0 Å². The zero-order valence-corrected chi connectivity index (χ0v) is 12.5. The normalized spacial score (nSPS) is 12.3. The molecule has 0 amide bonds. The minimum Gasteiger partial charge on any atom is -0.465 e. The molecule has 0 aromatic carbocycles. The van der Waals surface area contributed by atoms with Gasteiger partial charge in [-0.15, -0.1) is 0 Å². The second-order valence-corrected chi connectivity index (χ2v) is 6.31. The fraction of sp³-hybridized carbons (Fsp3) is 0.733. The molecule has 0 saturated carbocycles. The molecule has 18 heavy (non-hydrogen) atoms. The largest absolute Gasteiger partial charge is 0.465 e. The van der Waals surface area contributed by atoms with Crippen molar-refractivity contribution in [3.05, 3.63) is 23.7 Å². The van der Waals surface area contributed by atoms with Gasteiger partial charge in [0.25, 0.3) is 0 Å². The van der Waals surface area contributed by atoms with Crippen LogP contribution in [0.2, 0.25) is 0 Å². The Balaban J connectivity index is 2.09. The summed E-state index contributed by atoms with van der Waals surface area (Å²) in [6.45, 7) is 12.9. The number of nitrogens with zero attached hydrogens (tertiary/aromatic N) is 1. The second-order valence-electron chi connectivity index (χ2n) is 6.31. The molecule has 0 bridgehead atoms. The molecule has 0 spiro atoms. The van der Waals surface area contributed by atoms with Gasteiger partial charge >= 0.3 is 0 Å². The first kappa shape index (κ1) is 15.3. The van der Waals surface area contributed by atoms with Crippen LogP contribution in [0.25, 0.3) is 0 Å². The Bertz CT molecular complexity index is 339. The van der Waals surface area contributed by atoms with Crippen LogP contribution < -0.4 is 5.32 Å². The molecule has 0 aliphatic carbocycles. The van der Waals surface area contributed by atoms with Crippen molar-refractivity contribution in [2.24, 2.45) is 5.41 Å². The van der Waals surface area contributed by atoms with Crippen LogP contribution in [-0.2, 0) is 6.54 Å². The van der Waals surface area contributed by atoms with Crippen LogP contribution >= 0.6 is 0 Å². The van der Waals surface area contributed by atoms with Crippen LogP contribution in [0.3, 0.4) is 0 Å². The van der Waals surface area contributed by atoms with Gasteiger partial charge in [0, 0.05) is 13.1 Å². The van der Waals surface area contributed by atoms with E-state index in [9.17, 15) is 0 Å². The highest BCUT2D eigenvalue weighted by Crippen LogP contribution is 2.16. The maximum Gasteiger partial charge on any atom is 0.118 e. The lowest BCUT2D eigenvalue weighted by atomic mass is 9.92. The van der Waals surface area contributed by atoms with E-state index in [1.54, 1.807) is 0 Å². The van der Waals surface area contributed by atoms with E-state index >= 15 is 0 Å². The topological polar surface area (TPSA) is 28.4 Å². The zero-order chi connectivity index (χ0) is 13.6. The number of hydrogen-bond acceptors (Lipinski definition) is 3. The molecular formula is C15H28N2O. The Labute approximate surface area is 112 Å². The third-order valence-electron chi connectivity index (χ3n) is 2.94. The van der Waals surface area contributed by atoms with Gasteiger partial charge in [0.2, 0.25) is 0 Å². The number of hydrogen-bond donors (Lipinski definition) is 1. The smallest absolute Gasteiger partial charge is 0.118 e. The Morgan fingerprint density at radius 1 is 1.22 bits per heavy atom. The fourth-order valence-electron chi connectivity index (χ4n) is 1.77. The van der Waals surface area contributed by atoms with Gasteiger partial charge in [-0.25, -0.2) is 0 Å². The van der Waals surface area contributed by atoms with Crippen molar-refractivity contribution in [3.8, 4) is 0 Å². The predicted molar refractivity (Wildman–Crippen MR) is 76.7 cm³/mol. The molecule has 0 aliphatic heterocycles. The molecule has 0 aliphatic rings. The van der Waals surface area contributed by atoms with E-state index < -0.39 is 0 Å². The number of rotatable bonds is 7. The summed E-state index contributed by atoms with van der Waals surface area (Å²) >= 11 is 0. The average Bonchev–Trinajstić information content (AvgIpc) is 2.61. The van der Waals surface area contributed by atoms with Gasteiger partial charge in [0.1, 0.15) is 11.5 Å². The summed E-state index contributed by atoms with van der Waals surface area (Å²) < 4.78 is 5.56. The molecule has 0 saturated heterocycles. The summed E-state index contributed by atoms with van der Waals surface area (Å²) in [5, 5.41) is 3.49. The molecule has 0 radical (unpaired) electrons. The zero-order valence-electron chi connectivity index (χ0n) is 12.5. The highest BCUT2D eigenvalue weighted by Gasteiger charge is 2.09. The van der Waals surface area contributed by atoms with Gasteiger partial charge in [0.15, 0.2) is 0 Å². The minimum atomic E-state index is 0.421. The van der Waals surface area contributed by atoms with E-state index in [0.717, 1.165) is 37.7 Å². The van der Waals surface area contributed by atoms with Gasteiger partial charge in [0.05, 0.1) is 6.54 Å². The van der Waals surface area contributed by atoms with Crippen molar-refractivity contribution in [1.29, 1.82) is 0 Å². The molecule has 1 N–H and O–H groups in total. The molecular weight excluding hydrogens is 224 g/mol. The number of likely N-dealkylation sites (N-methyl/N-ethyl adjacent to an activating group) is 1. The molecule has 1 aromatic rings. The Morgan fingerprint density at radius 3 is 2.50 bits per heavy atom. The molecule has 0 unspecified atom stereocenters. The molecule has 0 atom stereocenters. The standard InChI is InChI=1S/C15H28N2O/c1-13-6-7-14(18-13)12-17(5)11-10-16-9-8-15(2,3)4/h6-7,16H,8-12H2,1-5H3. The number of nitrogens with one attached hydrogen (secondary N) is 1. The van der Waals surface area contributed by atoms with Crippen LogP contribution in [-0.4, -0.2) is 31.6 Å². The van der Waals surface area contributed by atoms with Gasteiger partial charge < -0.3 is 9.73 Å². The van der Waals surface area contributed by atoms with Crippen molar-refractivity contribution in [2.75, 3.05) is 26.7 Å². The third-order valence-corrected chi connectivity index (χ3v) is 2.94. The maximum atomic E-state index is 5.56. The SMILES string of the molecule is Cc1ccc(CN(C)CCNCCC(C)(C)C)o1. The number of aryl methyl sites for hydroxylation is 1. The quantitative estimate of drug-likeness (QED) is 0.756. The van der Waals surface area contributed by atoms with E-state index in [2.05, 4.69) is 44.1 Å². The van der Waals surface area contributed by atoms with Crippen molar-refractivity contribution >= 4 is 0 Å². The highest BCUT2D eigenvalue weighted by molar-refractivity contribution is 5.05. The monoisotopic (exact) mass is 252 g/mol. The van der Waals surface area contributed by atoms with E-state index in [0.29, 0.717) is 5.41 Å². The molecule has 1 aromatic heterocycles. The Hall–Kier alpha value is -0.800. The summed E-state index contributed by atoms with van der Waals surface area (Å²) in [6, 6.07) is 4.07.